The molecule has 0 heterocycles. The summed E-state index contributed by atoms with van der Waals surface area (Å²) in [6.45, 7) is 5.21. The molecule has 2 aromatic carbocycles. The number of carbonyl (C=O) groups excluding carboxylic acids is 1. The van der Waals surface area contributed by atoms with Gasteiger partial charge in [0.15, 0.2) is 0 Å². The van der Waals surface area contributed by atoms with Gasteiger partial charge >= 0.3 is 155 Å². The van der Waals surface area contributed by atoms with Gasteiger partial charge in [-0.1, -0.05) is 0 Å². The first-order valence-corrected chi connectivity index (χ1v) is 11.0. The summed E-state index contributed by atoms with van der Waals surface area (Å²) >= 11 is -0.215. The van der Waals surface area contributed by atoms with Crippen molar-refractivity contribution in [2.75, 3.05) is 13.2 Å². The number of benzene rings is 2. The summed E-state index contributed by atoms with van der Waals surface area (Å²) in [5, 5.41) is 0. The van der Waals surface area contributed by atoms with Crippen LogP contribution in [0.1, 0.15) is 13.8 Å². The molecule has 0 bridgehead atoms. The van der Waals surface area contributed by atoms with Crippen molar-refractivity contribution in [2.45, 2.75) is 13.8 Å². The van der Waals surface area contributed by atoms with Gasteiger partial charge in [0.25, 0.3) is 0 Å². The summed E-state index contributed by atoms with van der Waals surface area (Å²) in [5.41, 5.74) is 0. The molecule has 0 spiro atoms. The Morgan fingerprint density at radius 1 is 0.792 bits per heavy atom. The second kappa shape index (κ2) is 10.3. The molecule has 0 aliphatic heterocycles. The van der Waals surface area contributed by atoms with E-state index in [1.54, 1.807) is 0 Å². The van der Waals surface area contributed by atoms with Crippen molar-refractivity contribution in [3.8, 4) is 11.5 Å². The fourth-order valence-electron chi connectivity index (χ4n) is 1.77. The van der Waals surface area contributed by atoms with Gasteiger partial charge in [0.2, 0.25) is 0 Å². The zero-order valence-corrected chi connectivity index (χ0v) is 17.0. The van der Waals surface area contributed by atoms with Crippen LogP contribution >= 0.6 is 0 Å². The van der Waals surface area contributed by atoms with Crippen molar-refractivity contribution in [2.24, 2.45) is 0 Å². The third kappa shape index (κ3) is 6.46. The van der Waals surface area contributed by atoms with E-state index >= 15 is 0 Å². The number of urea groups is 1. The van der Waals surface area contributed by atoms with Gasteiger partial charge in [-0.2, -0.15) is 0 Å². The predicted molar refractivity (Wildman–Crippen MR) is 97.7 cm³/mol. The molecule has 2 rings (SSSR count). The molecule has 2 amide bonds. The summed E-state index contributed by atoms with van der Waals surface area (Å²) in [6.07, 6.45) is 0. The Bertz CT molecular complexity index is 578. The van der Waals surface area contributed by atoms with Crippen molar-refractivity contribution in [3.05, 3.63) is 48.5 Å². The van der Waals surface area contributed by atoms with Crippen molar-refractivity contribution in [3.63, 3.8) is 0 Å². The van der Waals surface area contributed by atoms with Crippen LogP contribution in [-0.4, -0.2) is 49.6 Å². The van der Waals surface area contributed by atoms with Gasteiger partial charge in [-0.05, 0) is 0 Å². The third-order valence-electron chi connectivity index (χ3n) is 2.79. The molecule has 0 aliphatic carbocycles. The molecule has 7 heteroatoms. The Morgan fingerprint density at radius 2 is 1.17 bits per heavy atom. The van der Waals surface area contributed by atoms with Crippen LogP contribution in [0.25, 0.3) is 0 Å². The molecule has 0 unspecified atom stereocenters. The topological polar surface area (TPSA) is 59.6 Å². The zero-order valence-electron chi connectivity index (χ0n) is 13.6. The number of amides is 2. The van der Waals surface area contributed by atoms with Crippen LogP contribution in [0.5, 0.6) is 11.5 Å². The maximum absolute atomic E-state index is 11.9. The number of ether oxygens (including phenoxy) is 2. The third-order valence-corrected chi connectivity index (χ3v) is 6.13. The molecule has 5 nitrogen and oxygen atoms in total. The number of rotatable bonds is 8. The molecule has 0 saturated carbocycles. The van der Waals surface area contributed by atoms with Crippen LogP contribution in [-0.2, 0) is 0 Å². The van der Waals surface area contributed by atoms with Gasteiger partial charge in [0, 0.05) is 0 Å². The molecule has 2 N–H and O–H groups in total. The molecule has 0 fully saturated rings. The monoisotopic (exact) mass is 460 g/mol. The van der Waals surface area contributed by atoms with Gasteiger partial charge in [0.05, 0.1) is 0 Å². The van der Waals surface area contributed by atoms with Crippen molar-refractivity contribution < 1.29 is 14.3 Å². The fourth-order valence-corrected chi connectivity index (χ4v) is 4.34. The number of hydrogen-bond acceptors (Lipinski definition) is 3. The van der Waals surface area contributed by atoms with Gasteiger partial charge in [-0.15, -0.1) is 0 Å². The molecule has 0 saturated heterocycles. The first kappa shape index (κ1) is 18.7. The van der Waals surface area contributed by atoms with Gasteiger partial charge in [-0.3, -0.25) is 0 Å². The van der Waals surface area contributed by atoms with E-state index in [9.17, 15) is 4.79 Å². The van der Waals surface area contributed by atoms with Crippen molar-refractivity contribution in [1.29, 1.82) is 0 Å². The average Bonchev–Trinajstić information content (AvgIpc) is 2.61. The van der Waals surface area contributed by atoms with E-state index in [-0.39, 0.29) is 36.4 Å². The van der Waals surface area contributed by atoms with E-state index in [4.69, 9.17) is 9.47 Å². The molecular formula is C17H20N2O3Se2. The standard InChI is InChI=1S/C17H20N2O3Se2/c1-3-21-13-5-9-15(10-6-13)23-18-17(20)19-24-16-11-7-14(8-12-16)22-4-2/h5-12H,3-4H2,1-2H3,(H2,18,19,20). The van der Waals surface area contributed by atoms with E-state index in [0.29, 0.717) is 13.2 Å². The zero-order chi connectivity index (χ0) is 17.2. The second-order valence-corrected chi connectivity index (χ2v) is 8.24. The summed E-state index contributed by atoms with van der Waals surface area (Å²) in [5.74, 6) is 1.70. The van der Waals surface area contributed by atoms with Crippen LogP contribution in [0.2, 0.25) is 0 Å². The van der Waals surface area contributed by atoms with Crippen LogP contribution in [0.3, 0.4) is 0 Å². The second-order valence-electron chi connectivity index (χ2n) is 4.55. The number of nitrogens with one attached hydrogen (secondary N) is 2. The number of carbonyl (C=O) groups is 1. The predicted octanol–water partition coefficient (Wildman–Crippen LogP) is 0.972. The maximum atomic E-state index is 11.9. The van der Waals surface area contributed by atoms with E-state index in [1.807, 2.05) is 62.4 Å². The SMILES string of the molecule is CCOc1ccc([Se]NC(=O)N[Se]c2ccc(OCC)cc2)cc1. The molecule has 0 aromatic heterocycles. The summed E-state index contributed by atoms with van der Waals surface area (Å²) in [4.78, 5) is 11.9. The van der Waals surface area contributed by atoms with Gasteiger partial charge < -0.3 is 0 Å². The Morgan fingerprint density at radius 3 is 1.50 bits per heavy atom. The van der Waals surface area contributed by atoms with Crippen LogP contribution < -0.4 is 27.1 Å². The van der Waals surface area contributed by atoms with Crippen LogP contribution in [0.4, 0.5) is 4.79 Å². The molecule has 2 aromatic rings. The van der Waals surface area contributed by atoms with Crippen LogP contribution in [0.15, 0.2) is 48.5 Å². The number of hydrogen-bond donors (Lipinski definition) is 2. The molecule has 0 aliphatic rings. The first-order chi connectivity index (χ1) is 11.7. The van der Waals surface area contributed by atoms with Crippen molar-refractivity contribution in [1.82, 2.24) is 8.67 Å². The quantitative estimate of drug-likeness (QED) is 0.580. The Hall–Kier alpha value is -1.65. The van der Waals surface area contributed by atoms with E-state index in [0.717, 1.165) is 20.4 Å². The minimum absolute atomic E-state index is 0.107. The van der Waals surface area contributed by atoms with E-state index in [1.165, 1.54) is 0 Å². The molecule has 24 heavy (non-hydrogen) atoms. The molecule has 0 atom stereocenters. The van der Waals surface area contributed by atoms with E-state index in [2.05, 4.69) is 8.67 Å². The first-order valence-electron chi connectivity index (χ1n) is 7.56. The van der Waals surface area contributed by atoms with Gasteiger partial charge in [-0.25, -0.2) is 0 Å². The van der Waals surface area contributed by atoms with Crippen LogP contribution in [0, 0.1) is 0 Å². The van der Waals surface area contributed by atoms with Crippen molar-refractivity contribution >= 4 is 45.3 Å². The molecule has 128 valence electrons. The molecule has 0 radical (unpaired) electrons. The fraction of sp³-hybridized carbons (Fsp3) is 0.235. The summed E-state index contributed by atoms with van der Waals surface area (Å²) in [6, 6.07) is 15.4. The average molecular weight is 458 g/mol. The van der Waals surface area contributed by atoms with E-state index < -0.39 is 0 Å². The van der Waals surface area contributed by atoms with Gasteiger partial charge in [0.1, 0.15) is 0 Å². The minimum atomic E-state index is -0.141. The Kier molecular flexibility index (Phi) is 7.99. The Balaban J connectivity index is 1.72. The summed E-state index contributed by atoms with van der Waals surface area (Å²) < 4.78 is 18.8. The normalized spacial score (nSPS) is 10.1. The molecular weight excluding hydrogens is 438 g/mol. The summed E-state index contributed by atoms with van der Waals surface area (Å²) in [7, 11) is 0. The Labute approximate surface area is 155 Å².